The molecule has 0 amide bonds. The first-order valence-electron chi connectivity index (χ1n) is 9.11. The smallest absolute Gasteiger partial charge is 0.191 e. The molecule has 144 valence electrons. The van der Waals surface area contributed by atoms with Crippen LogP contribution in [0.5, 0.6) is 5.75 Å². The normalized spacial score (nSPS) is 11.2. The van der Waals surface area contributed by atoms with Crippen LogP contribution in [0.4, 0.5) is 0 Å². The van der Waals surface area contributed by atoms with Crippen molar-refractivity contribution in [3.63, 3.8) is 0 Å². The fourth-order valence-corrected chi connectivity index (χ4v) is 2.59. The van der Waals surface area contributed by atoms with Crippen LogP contribution in [-0.4, -0.2) is 57.2 Å². The van der Waals surface area contributed by atoms with Crippen molar-refractivity contribution in [3.8, 4) is 5.75 Å². The molecule has 5 nitrogen and oxygen atoms in total. The van der Waals surface area contributed by atoms with Crippen molar-refractivity contribution in [3.05, 3.63) is 29.8 Å². The Kier molecular flexibility index (Phi) is 14.6. The Morgan fingerprint density at radius 2 is 1.84 bits per heavy atom. The number of nitrogens with zero attached hydrogens (tertiary/aromatic N) is 2. The monoisotopic (exact) mass is 462 g/mol. The molecule has 1 aromatic carbocycles. The molecule has 0 spiro atoms. The molecule has 0 saturated carbocycles. The Bertz CT molecular complexity index is 478. The van der Waals surface area contributed by atoms with Crippen molar-refractivity contribution in [2.24, 2.45) is 4.99 Å². The minimum atomic E-state index is 0. The summed E-state index contributed by atoms with van der Waals surface area (Å²) in [6.07, 6.45) is 2.00. The standard InChI is InChI=1S/C19H34N4O.HI/c1-5-20-19(21-14-10-16-23(6-2)7-3)22-15-13-17-11-8-9-12-18(17)24-4;/h8-9,11-12H,5-7,10,13-16H2,1-4H3,(H2,20,21,22);1H. The molecule has 25 heavy (non-hydrogen) atoms. The average molecular weight is 462 g/mol. The first-order chi connectivity index (χ1) is 11.7. The highest BCUT2D eigenvalue weighted by Gasteiger charge is 2.03. The molecule has 0 fully saturated rings. The molecule has 0 unspecified atom stereocenters. The summed E-state index contributed by atoms with van der Waals surface area (Å²) in [6, 6.07) is 8.15. The van der Waals surface area contributed by atoms with Gasteiger partial charge in [0.15, 0.2) is 5.96 Å². The SMILES string of the molecule is CCNC(=NCCCN(CC)CC)NCCc1ccccc1OC.I. The van der Waals surface area contributed by atoms with Crippen molar-refractivity contribution < 1.29 is 4.74 Å². The summed E-state index contributed by atoms with van der Waals surface area (Å²) in [4.78, 5) is 7.09. The maximum Gasteiger partial charge on any atom is 0.191 e. The number of para-hydroxylation sites is 1. The molecule has 0 saturated heterocycles. The second-order valence-electron chi connectivity index (χ2n) is 5.63. The van der Waals surface area contributed by atoms with Crippen LogP contribution in [0.25, 0.3) is 0 Å². The Labute approximate surface area is 170 Å². The Hall–Kier alpha value is -1.02. The highest BCUT2D eigenvalue weighted by molar-refractivity contribution is 14.0. The number of aliphatic imine (C=N–C) groups is 1. The highest BCUT2D eigenvalue weighted by Crippen LogP contribution is 2.17. The lowest BCUT2D eigenvalue weighted by Crippen LogP contribution is -2.38. The second-order valence-corrected chi connectivity index (χ2v) is 5.63. The number of halogens is 1. The van der Waals surface area contributed by atoms with Crippen molar-refractivity contribution in [1.82, 2.24) is 15.5 Å². The van der Waals surface area contributed by atoms with Crippen LogP contribution in [0, 0.1) is 0 Å². The van der Waals surface area contributed by atoms with Gasteiger partial charge >= 0.3 is 0 Å². The summed E-state index contributed by atoms with van der Waals surface area (Å²) in [5, 5.41) is 6.71. The molecule has 0 aliphatic rings. The van der Waals surface area contributed by atoms with E-state index in [1.165, 1.54) is 5.56 Å². The largest absolute Gasteiger partial charge is 0.496 e. The summed E-state index contributed by atoms with van der Waals surface area (Å²) >= 11 is 0. The molecule has 0 atom stereocenters. The Morgan fingerprint density at radius 1 is 1.12 bits per heavy atom. The van der Waals surface area contributed by atoms with Gasteiger partial charge in [-0.15, -0.1) is 24.0 Å². The summed E-state index contributed by atoms with van der Waals surface area (Å²) in [7, 11) is 1.72. The zero-order chi connectivity index (χ0) is 17.6. The van der Waals surface area contributed by atoms with Gasteiger partial charge in [-0.25, -0.2) is 0 Å². The number of ether oxygens (including phenoxy) is 1. The van der Waals surface area contributed by atoms with Crippen LogP contribution in [0.1, 0.15) is 32.8 Å². The van der Waals surface area contributed by atoms with E-state index < -0.39 is 0 Å². The molecule has 2 N–H and O–H groups in total. The molecule has 0 aliphatic heterocycles. The van der Waals surface area contributed by atoms with E-state index in [2.05, 4.69) is 47.4 Å². The molecule has 0 aliphatic carbocycles. The van der Waals surface area contributed by atoms with E-state index in [0.29, 0.717) is 0 Å². The minimum Gasteiger partial charge on any atom is -0.496 e. The van der Waals surface area contributed by atoms with E-state index in [-0.39, 0.29) is 24.0 Å². The van der Waals surface area contributed by atoms with E-state index in [0.717, 1.165) is 63.8 Å². The number of hydrogen-bond acceptors (Lipinski definition) is 3. The van der Waals surface area contributed by atoms with Crippen LogP contribution in [0.15, 0.2) is 29.3 Å². The molecule has 0 aromatic heterocycles. The lowest BCUT2D eigenvalue weighted by molar-refractivity contribution is 0.302. The second kappa shape index (κ2) is 15.3. The summed E-state index contributed by atoms with van der Waals surface area (Å²) in [6.45, 7) is 12.4. The van der Waals surface area contributed by atoms with E-state index in [4.69, 9.17) is 4.74 Å². The van der Waals surface area contributed by atoms with Gasteiger partial charge in [-0.2, -0.15) is 0 Å². The van der Waals surface area contributed by atoms with Gasteiger partial charge < -0.3 is 20.3 Å². The van der Waals surface area contributed by atoms with E-state index in [9.17, 15) is 0 Å². The van der Waals surface area contributed by atoms with Crippen LogP contribution in [0.2, 0.25) is 0 Å². The molecular formula is C19H35IN4O. The van der Waals surface area contributed by atoms with Gasteiger partial charge in [-0.05, 0) is 51.0 Å². The highest BCUT2D eigenvalue weighted by atomic mass is 127. The summed E-state index contributed by atoms with van der Waals surface area (Å²) in [5.41, 5.74) is 1.21. The quantitative estimate of drug-likeness (QED) is 0.230. The van der Waals surface area contributed by atoms with Crippen molar-refractivity contribution in [2.45, 2.75) is 33.6 Å². The number of rotatable bonds is 11. The molecular weight excluding hydrogens is 427 g/mol. The number of benzene rings is 1. The first-order valence-corrected chi connectivity index (χ1v) is 9.11. The molecule has 0 heterocycles. The topological polar surface area (TPSA) is 48.9 Å². The maximum absolute atomic E-state index is 5.40. The van der Waals surface area contributed by atoms with Gasteiger partial charge in [-0.3, -0.25) is 4.99 Å². The zero-order valence-electron chi connectivity index (χ0n) is 16.2. The van der Waals surface area contributed by atoms with Gasteiger partial charge in [0.1, 0.15) is 5.75 Å². The Balaban J connectivity index is 0.00000576. The van der Waals surface area contributed by atoms with Gasteiger partial charge in [0.05, 0.1) is 7.11 Å². The van der Waals surface area contributed by atoms with Gasteiger partial charge in [-0.1, -0.05) is 32.0 Å². The minimum absolute atomic E-state index is 0. The lowest BCUT2D eigenvalue weighted by Gasteiger charge is -2.17. The van der Waals surface area contributed by atoms with Gasteiger partial charge in [0.2, 0.25) is 0 Å². The maximum atomic E-state index is 5.40. The lowest BCUT2D eigenvalue weighted by atomic mass is 10.1. The van der Waals surface area contributed by atoms with E-state index >= 15 is 0 Å². The van der Waals surface area contributed by atoms with Crippen LogP contribution >= 0.6 is 24.0 Å². The number of hydrogen-bond donors (Lipinski definition) is 2. The van der Waals surface area contributed by atoms with Crippen molar-refractivity contribution >= 4 is 29.9 Å². The number of nitrogens with one attached hydrogen (secondary N) is 2. The molecule has 0 bridgehead atoms. The van der Waals surface area contributed by atoms with E-state index in [1.807, 2.05) is 18.2 Å². The fourth-order valence-electron chi connectivity index (χ4n) is 2.59. The van der Waals surface area contributed by atoms with Crippen molar-refractivity contribution in [1.29, 1.82) is 0 Å². The van der Waals surface area contributed by atoms with Crippen molar-refractivity contribution in [2.75, 3.05) is 46.4 Å². The zero-order valence-corrected chi connectivity index (χ0v) is 18.5. The fraction of sp³-hybridized carbons (Fsp3) is 0.632. The molecule has 1 aromatic rings. The molecule has 6 heteroatoms. The Morgan fingerprint density at radius 3 is 2.48 bits per heavy atom. The molecule has 1 rings (SSSR count). The predicted octanol–water partition coefficient (Wildman–Crippen LogP) is 3.14. The average Bonchev–Trinajstić information content (AvgIpc) is 2.62. The van der Waals surface area contributed by atoms with Crippen LogP contribution in [0.3, 0.4) is 0 Å². The third-order valence-electron chi connectivity index (χ3n) is 4.02. The van der Waals surface area contributed by atoms with Crippen LogP contribution < -0.4 is 15.4 Å². The third kappa shape index (κ3) is 9.89. The van der Waals surface area contributed by atoms with Crippen LogP contribution in [-0.2, 0) is 6.42 Å². The number of guanidine groups is 1. The summed E-state index contributed by atoms with van der Waals surface area (Å²) in [5.74, 6) is 1.84. The predicted molar refractivity (Wildman–Crippen MR) is 118 cm³/mol. The third-order valence-corrected chi connectivity index (χ3v) is 4.02. The van der Waals surface area contributed by atoms with Gasteiger partial charge in [0.25, 0.3) is 0 Å². The van der Waals surface area contributed by atoms with Gasteiger partial charge in [0, 0.05) is 19.6 Å². The summed E-state index contributed by atoms with van der Waals surface area (Å²) < 4.78 is 5.40. The number of methoxy groups -OCH3 is 1. The first kappa shape index (κ1) is 24.0. The van der Waals surface area contributed by atoms with E-state index in [1.54, 1.807) is 7.11 Å². The molecule has 0 radical (unpaired) electrons.